The van der Waals surface area contributed by atoms with Gasteiger partial charge in [-0.05, 0) is 43.9 Å². The number of nitrogens with zero attached hydrogens (tertiary/aromatic N) is 2. The molecule has 1 atom stereocenters. The molecule has 9 heteroatoms. The summed E-state index contributed by atoms with van der Waals surface area (Å²) >= 11 is 3.11. The van der Waals surface area contributed by atoms with Crippen LogP contribution in [-0.2, 0) is 22.0 Å². The molecule has 0 aliphatic heterocycles. The molecule has 1 amide bonds. The van der Waals surface area contributed by atoms with Crippen molar-refractivity contribution in [3.63, 3.8) is 0 Å². The van der Waals surface area contributed by atoms with Gasteiger partial charge in [0.05, 0.1) is 16.6 Å². The Bertz CT molecular complexity index is 1500. The zero-order valence-corrected chi connectivity index (χ0v) is 21.0. The minimum atomic E-state index is -0.734. The van der Waals surface area contributed by atoms with E-state index in [9.17, 15) is 14.7 Å². The number of aromatic nitrogens is 2. The molecule has 1 aromatic carbocycles. The van der Waals surface area contributed by atoms with Crippen LogP contribution in [0.1, 0.15) is 52.3 Å². The molecule has 5 rings (SSSR count). The third-order valence-corrected chi connectivity index (χ3v) is 8.96. The maximum Gasteiger partial charge on any atom is 0.413 e. The molecule has 1 aliphatic rings. The van der Waals surface area contributed by atoms with Gasteiger partial charge >= 0.3 is 12.1 Å². The van der Waals surface area contributed by atoms with Gasteiger partial charge in [-0.3, -0.25) is 14.8 Å². The van der Waals surface area contributed by atoms with Crippen molar-refractivity contribution in [2.75, 3.05) is 5.32 Å². The van der Waals surface area contributed by atoms with Gasteiger partial charge in [0.1, 0.15) is 17.3 Å². The maximum atomic E-state index is 12.5. The zero-order chi connectivity index (χ0) is 24.7. The molecule has 0 bridgehead atoms. The first-order valence-corrected chi connectivity index (χ1v) is 12.8. The molecule has 1 fully saturated rings. The van der Waals surface area contributed by atoms with E-state index < -0.39 is 23.6 Å². The van der Waals surface area contributed by atoms with Gasteiger partial charge < -0.3 is 9.84 Å². The standard InChI is InChI=1S/C26H23N3O4S2/c1-15-21-20(35-22(15)26(11-12-26)24(30)31)13-19(34-21)10-9-18-14-27-29(3)23(18)28-25(32)33-16(2)17-7-5-4-6-8-17/h4-8,13-14,16H,11-12H2,1-3H3,(H,28,32)(H,30,31)/t16-/m1/s1. The number of rotatable bonds is 5. The highest BCUT2D eigenvalue weighted by atomic mass is 32.1. The summed E-state index contributed by atoms with van der Waals surface area (Å²) in [6.07, 6.45) is 2.02. The van der Waals surface area contributed by atoms with Crippen LogP contribution in [0, 0.1) is 18.8 Å². The van der Waals surface area contributed by atoms with Crippen LogP contribution in [0.3, 0.4) is 0 Å². The average molecular weight is 506 g/mol. The van der Waals surface area contributed by atoms with E-state index >= 15 is 0 Å². The van der Waals surface area contributed by atoms with Crippen molar-refractivity contribution in [3.8, 4) is 11.8 Å². The molecule has 4 aromatic rings. The highest BCUT2D eigenvalue weighted by molar-refractivity contribution is 7.28. The van der Waals surface area contributed by atoms with E-state index in [0.717, 1.165) is 30.3 Å². The Morgan fingerprint density at radius 1 is 1.23 bits per heavy atom. The van der Waals surface area contributed by atoms with Crippen LogP contribution in [0.25, 0.3) is 9.40 Å². The summed E-state index contributed by atoms with van der Waals surface area (Å²) in [6.45, 7) is 3.81. The van der Waals surface area contributed by atoms with Gasteiger partial charge in [0.25, 0.3) is 0 Å². The normalized spacial score (nSPS) is 14.7. The van der Waals surface area contributed by atoms with Gasteiger partial charge in [-0.1, -0.05) is 42.2 Å². The summed E-state index contributed by atoms with van der Waals surface area (Å²) in [5.74, 6) is 5.99. The number of carboxylic acids is 1. The zero-order valence-electron chi connectivity index (χ0n) is 19.4. The molecule has 35 heavy (non-hydrogen) atoms. The van der Waals surface area contributed by atoms with Crippen molar-refractivity contribution < 1.29 is 19.4 Å². The SMILES string of the molecule is Cc1c(C2(C(=O)O)CC2)sc2cc(C#Cc3cnn(C)c3NC(=O)O[C@H](C)c3ccccc3)sc12. The number of nitrogens with one attached hydrogen (secondary N) is 1. The number of amides is 1. The molecular weight excluding hydrogens is 482 g/mol. The molecule has 0 saturated heterocycles. The Morgan fingerprint density at radius 2 is 1.97 bits per heavy atom. The van der Waals surface area contributed by atoms with Crippen molar-refractivity contribution in [1.29, 1.82) is 0 Å². The van der Waals surface area contributed by atoms with Gasteiger partial charge in [0.2, 0.25) is 0 Å². The Balaban J connectivity index is 1.33. The molecule has 1 saturated carbocycles. The molecule has 2 N–H and O–H groups in total. The highest BCUT2D eigenvalue weighted by Crippen LogP contribution is 2.54. The molecular formula is C26H23N3O4S2. The number of ether oxygens (including phenoxy) is 1. The van der Waals surface area contributed by atoms with Crippen molar-refractivity contribution in [3.05, 3.63) is 69.0 Å². The fourth-order valence-electron chi connectivity index (χ4n) is 4.07. The number of hydrogen-bond donors (Lipinski definition) is 2. The Kier molecular flexibility index (Phi) is 5.87. The number of aliphatic carboxylic acids is 1. The van der Waals surface area contributed by atoms with Crippen LogP contribution in [0.5, 0.6) is 0 Å². The van der Waals surface area contributed by atoms with E-state index in [2.05, 4.69) is 22.3 Å². The summed E-state index contributed by atoms with van der Waals surface area (Å²) in [5.41, 5.74) is 1.83. The van der Waals surface area contributed by atoms with Gasteiger partial charge in [0, 0.05) is 21.3 Å². The lowest BCUT2D eigenvalue weighted by Gasteiger charge is -2.14. The van der Waals surface area contributed by atoms with E-state index in [1.807, 2.05) is 50.2 Å². The van der Waals surface area contributed by atoms with Crippen LogP contribution >= 0.6 is 22.7 Å². The van der Waals surface area contributed by atoms with Crippen molar-refractivity contribution in [1.82, 2.24) is 9.78 Å². The van der Waals surface area contributed by atoms with Gasteiger partial charge in [-0.2, -0.15) is 5.10 Å². The molecule has 0 unspecified atom stereocenters. The molecule has 178 valence electrons. The fraction of sp³-hybridized carbons (Fsp3) is 0.269. The quantitative estimate of drug-likeness (QED) is 0.333. The Labute approximate surface area is 210 Å². The lowest BCUT2D eigenvalue weighted by molar-refractivity contribution is -0.139. The van der Waals surface area contributed by atoms with Crippen LogP contribution in [0.4, 0.5) is 10.6 Å². The average Bonchev–Trinajstić information content (AvgIpc) is 3.32. The first-order chi connectivity index (χ1) is 16.8. The van der Waals surface area contributed by atoms with Crippen LogP contribution in [-0.4, -0.2) is 26.9 Å². The minimum Gasteiger partial charge on any atom is -0.481 e. The highest BCUT2D eigenvalue weighted by Gasteiger charge is 2.54. The van der Waals surface area contributed by atoms with Gasteiger partial charge in [0.15, 0.2) is 0 Å². The summed E-state index contributed by atoms with van der Waals surface area (Å²) < 4.78 is 9.20. The smallest absolute Gasteiger partial charge is 0.413 e. The largest absolute Gasteiger partial charge is 0.481 e. The minimum absolute atomic E-state index is 0.401. The van der Waals surface area contributed by atoms with Crippen molar-refractivity contribution in [2.24, 2.45) is 7.05 Å². The molecule has 1 aliphatic carbocycles. The van der Waals surface area contributed by atoms with E-state index in [1.54, 1.807) is 40.6 Å². The number of hydrogen-bond acceptors (Lipinski definition) is 6. The lowest BCUT2D eigenvalue weighted by Crippen LogP contribution is -2.18. The van der Waals surface area contributed by atoms with Gasteiger partial charge in [-0.25, -0.2) is 4.79 Å². The van der Waals surface area contributed by atoms with E-state index in [-0.39, 0.29) is 0 Å². The van der Waals surface area contributed by atoms with Crippen LogP contribution < -0.4 is 5.32 Å². The third-order valence-electron chi connectivity index (χ3n) is 6.22. The first-order valence-electron chi connectivity index (χ1n) is 11.1. The molecule has 0 radical (unpaired) electrons. The van der Waals surface area contributed by atoms with E-state index in [4.69, 9.17) is 4.74 Å². The molecule has 3 heterocycles. The maximum absolute atomic E-state index is 12.5. The Hall–Kier alpha value is -3.61. The van der Waals surface area contributed by atoms with Crippen molar-refractivity contribution >= 4 is 50.0 Å². The fourth-order valence-corrected chi connectivity index (χ4v) is 6.75. The second-order valence-electron chi connectivity index (χ2n) is 8.61. The number of anilines is 1. The summed E-state index contributed by atoms with van der Waals surface area (Å²) in [6, 6.07) is 11.5. The summed E-state index contributed by atoms with van der Waals surface area (Å²) in [4.78, 5) is 26.1. The number of carbonyl (C=O) groups excluding carboxylic acids is 1. The molecule has 7 nitrogen and oxygen atoms in total. The first kappa shape index (κ1) is 23.1. The number of benzene rings is 1. The lowest BCUT2D eigenvalue weighted by atomic mass is 10.0. The van der Waals surface area contributed by atoms with Gasteiger partial charge in [-0.15, -0.1) is 22.7 Å². The number of fused-ring (bicyclic) bond motifs is 1. The summed E-state index contributed by atoms with van der Waals surface area (Å²) in [5, 5.41) is 16.6. The van der Waals surface area contributed by atoms with E-state index in [1.165, 1.54) is 0 Å². The number of thiophene rings is 2. The Morgan fingerprint density at radius 3 is 2.63 bits per heavy atom. The second-order valence-corrected chi connectivity index (χ2v) is 10.7. The predicted molar refractivity (Wildman–Crippen MR) is 137 cm³/mol. The number of carboxylic acid groups (broad SMARTS) is 1. The third kappa shape index (κ3) is 4.31. The van der Waals surface area contributed by atoms with Crippen LogP contribution in [0.15, 0.2) is 42.6 Å². The van der Waals surface area contributed by atoms with Crippen molar-refractivity contribution in [2.45, 2.75) is 38.2 Å². The second kappa shape index (κ2) is 8.87. The predicted octanol–water partition coefficient (Wildman–Crippen LogP) is 5.83. The topological polar surface area (TPSA) is 93.5 Å². The number of aryl methyl sites for hydroxylation is 2. The number of carbonyl (C=O) groups is 2. The monoisotopic (exact) mass is 505 g/mol. The van der Waals surface area contributed by atoms with E-state index in [0.29, 0.717) is 24.2 Å². The van der Waals surface area contributed by atoms with Crippen LogP contribution in [0.2, 0.25) is 0 Å². The summed E-state index contributed by atoms with van der Waals surface area (Å²) in [7, 11) is 1.73. The molecule has 0 spiro atoms. The molecule has 3 aromatic heterocycles.